The Kier molecular flexibility index (Phi) is 5.37. The van der Waals surface area contributed by atoms with Gasteiger partial charge in [0.25, 0.3) is 5.91 Å². The summed E-state index contributed by atoms with van der Waals surface area (Å²) >= 11 is 1.24. The van der Waals surface area contributed by atoms with Crippen LogP contribution in [-0.2, 0) is 11.3 Å². The summed E-state index contributed by atoms with van der Waals surface area (Å²) in [7, 11) is 0. The van der Waals surface area contributed by atoms with Gasteiger partial charge >= 0.3 is 0 Å². The van der Waals surface area contributed by atoms with Crippen LogP contribution in [0.4, 0.5) is 8.78 Å². The van der Waals surface area contributed by atoms with Crippen LogP contribution < -0.4 is 10.1 Å². The SMILES string of the molecule is O=C(NCC1CCCO1)c1csc(COc2ccc(F)cc2F)n1. The lowest BCUT2D eigenvalue weighted by Crippen LogP contribution is -2.31. The van der Waals surface area contributed by atoms with E-state index in [2.05, 4.69) is 10.3 Å². The number of benzene rings is 1. The van der Waals surface area contributed by atoms with Gasteiger partial charge in [0, 0.05) is 24.6 Å². The molecule has 0 bridgehead atoms. The van der Waals surface area contributed by atoms with E-state index in [0.717, 1.165) is 31.6 Å². The Bertz CT molecular complexity index is 717. The first-order valence-corrected chi connectivity index (χ1v) is 8.42. The van der Waals surface area contributed by atoms with E-state index in [-0.39, 0.29) is 30.1 Å². The van der Waals surface area contributed by atoms with E-state index in [1.165, 1.54) is 17.4 Å². The third kappa shape index (κ3) is 4.27. The van der Waals surface area contributed by atoms with Gasteiger partial charge in [-0.3, -0.25) is 4.79 Å². The molecular formula is C16H16F2N2O3S. The number of carbonyl (C=O) groups is 1. The van der Waals surface area contributed by atoms with E-state index in [4.69, 9.17) is 9.47 Å². The predicted octanol–water partition coefficient (Wildman–Crippen LogP) is 2.91. The van der Waals surface area contributed by atoms with Crippen LogP contribution in [0, 0.1) is 11.6 Å². The molecule has 1 amide bonds. The number of nitrogens with zero attached hydrogens (tertiary/aromatic N) is 1. The molecule has 2 heterocycles. The van der Waals surface area contributed by atoms with E-state index >= 15 is 0 Å². The van der Waals surface area contributed by atoms with Gasteiger partial charge in [-0.2, -0.15) is 0 Å². The van der Waals surface area contributed by atoms with E-state index in [0.29, 0.717) is 11.6 Å². The second kappa shape index (κ2) is 7.67. The van der Waals surface area contributed by atoms with Crippen molar-refractivity contribution in [3.05, 3.63) is 45.9 Å². The lowest BCUT2D eigenvalue weighted by molar-refractivity contribution is 0.0854. The molecule has 8 heteroatoms. The van der Waals surface area contributed by atoms with Crippen molar-refractivity contribution in [2.24, 2.45) is 0 Å². The molecule has 0 saturated carbocycles. The Morgan fingerprint density at radius 1 is 1.46 bits per heavy atom. The summed E-state index contributed by atoms with van der Waals surface area (Å²) in [6.07, 6.45) is 2.02. The molecule has 3 rings (SSSR count). The number of hydrogen-bond acceptors (Lipinski definition) is 5. The van der Waals surface area contributed by atoms with Gasteiger partial charge in [0.1, 0.15) is 23.1 Å². The number of hydrogen-bond donors (Lipinski definition) is 1. The van der Waals surface area contributed by atoms with Crippen LogP contribution >= 0.6 is 11.3 Å². The molecule has 1 atom stereocenters. The van der Waals surface area contributed by atoms with Crippen LogP contribution in [-0.4, -0.2) is 30.1 Å². The number of rotatable bonds is 6. The molecule has 1 saturated heterocycles. The second-order valence-electron chi connectivity index (χ2n) is 5.33. The van der Waals surface area contributed by atoms with Crippen molar-refractivity contribution in [2.45, 2.75) is 25.6 Å². The summed E-state index contributed by atoms with van der Waals surface area (Å²) < 4.78 is 37.0. The summed E-state index contributed by atoms with van der Waals surface area (Å²) in [5.41, 5.74) is 0.288. The minimum absolute atomic E-state index is 0.00619. The molecule has 128 valence electrons. The van der Waals surface area contributed by atoms with Crippen molar-refractivity contribution >= 4 is 17.2 Å². The van der Waals surface area contributed by atoms with Crippen LogP contribution in [0.25, 0.3) is 0 Å². The monoisotopic (exact) mass is 354 g/mol. The van der Waals surface area contributed by atoms with Gasteiger partial charge in [-0.1, -0.05) is 0 Å². The lowest BCUT2D eigenvalue weighted by Gasteiger charge is -2.09. The molecule has 1 aromatic carbocycles. The van der Waals surface area contributed by atoms with Gasteiger partial charge in [-0.25, -0.2) is 13.8 Å². The highest BCUT2D eigenvalue weighted by atomic mass is 32.1. The average molecular weight is 354 g/mol. The molecule has 2 aromatic rings. The Labute approximate surface area is 141 Å². The molecule has 0 aliphatic carbocycles. The number of amides is 1. The summed E-state index contributed by atoms with van der Waals surface area (Å²) in [5, 5.41) is 4.93. The Morgan fingerprint density at radius 3 is 3.08 bits per heavy atom. The maximum atomic E-state index is 13.5. The third-order valence-corrected chi connectivity index (χ3v) is 4.37. The van der Waals surface area contributed by atoms with E-state index in [1.54, 1.807) is 5.38 Å². The van der Waals surface area contributed by atoms with E-state index < -0.39 is 11.6 Å². The Hall–Kier alpha value is -2.06. The van der Waals surface area contributed by atoms with Crippen LogP contribution in [0.3, 0.4) is 0 Å². The van der Waals surface area contributed by atoms with E-state index in [9.17, 15) is 13.6 Å². The minimum atomic E-state index is -0.777. The highest BCUT2D eigenvalue weighted by Gasteiger charge is 2.18. The van der Waals surface area contributed by atoms with Crippen LogP contribution in [0.5, 0.6) is 5.75 Å². The van der Waals surface area contributed by atoms with Crippen molar-refractivity contribution in [2.75, 3.05) is 13.2 Å². The van der Waals surface area contributed by atoms with Crippen molar-refractivity contribution in [1.82, 2.24) is 10.3 Å². The maximum Gasteiger partial charge on any atom is 0.270 e. The zero-order valence-corrected chi connectivity index (χ0v) is 13.6. The molecule has 1 aliphatic rings. The Balaban J connectivity index is 1.51. The summed E-state index contributed by atoms with van der Waals surface area (Å²) in [4.78, 5) is 16.2. The summed E-state index contributed by atoms with van der Waals surface area (Å²) in [5.74, 6) is -1.78. The van der Waals surface area contributed by atoms with Gasteiger partial charge in [-0.05, 0) is 25.0 Å². The molecule has 1 aliphatic heterocycles. The quantitative estimate of drug-likeness (QED) is 0.867. The molecule has 5 nitrogen and oxygen atoms in total. The first-order valence-electron chi connectivity index (χ1n) is 7.54. The number of nitrogens with one attached hydrogen (secondary N) is 1. The van der Waals surface area contributed by atoms with Crippen LogP contribution in [0.1, 0.15) is 28.3 Å². The largest absolute Gasteiger partial charge is 0.483 e. The van der Waals surface area contributed by atoms with Crippen molar-refractivity contribution in [1.29, 1.82) is 0 Å². The highest BCUT2D eigenvalue weighted by Crippen LogP contribution is 2.20. The van der Waals surface area contributed by atoms with Gasteiger partial charge in [0.05, 0.1) is 6.10 Å². The highest BCUT2D eigenvalue weighted by molar-refractivity contribution is 7.09. The standard InChI is InChI=1S/C16H16F2N2O3S/c17-10-3-4-14(12(18)6-10)23-8-15-20-13(9-24-15)16(21)19-7-11-2-1-5-22-11/h3-4,6,9,11H,1-2,5,7-8H2,(H,19,21). The molecule has 1 fully saturated rings. The molecule has 0 spiro atoms. The first-order chi connectivity index (χ1) is 11.6. The van der Waals surface area contributed by atoms with Crippen molar-refractivity contribution < 1.29 is 23.0 Å². The molecule has 1 unspecified atom stereocenters. The number of halogens is 2. The first kappa shape index (κ1) is 16.8. The fraction of sp³-hybridized carbons (Fsp3) is 0.375. The molecular weight excluding hydrogens is 338 g/mol. The number of aromatic nitrogens is 1. The number of thiazole rings is 1. The minimum Gasteiger partial charge on any atom is -0.483 e. The maximum absolute atomic E-state index is 13.5. The lowest BCUT2D eigenvalue weighted by atomic mass is 10.2. The molecule has 0 radical (unpaired) electrons. The zero-order valence-electron chi connectivity index (χ0n) is 12.8. The molecule has 1 N–H and O–H groups in total. The van der Waals surface area contributed by atoms with Gasteiger partial charge in [-0.15, -0.1) is 11.3 Å². The second-order valence-corrected chi connectivity index (χ2v) is 6.28. The normalized spacial score (nSPS) is 17.0. The van der Waals surface area contributed by atoms with Crippen molar-refractivity contribution in [3.63, 3.8) is 0 Å². The average Bonchev–Trinajstić information content (AvgIpc) is 3.23. The fourth-order valence-corrected chi connectivity index (χ4v) is 3.00. The topological polar surface area (TPSA) is 60.5 Å². The van der Waals surface area contributed by atoms with Gasteiger partial charge in [0.15, 0.2) is 11.6 Å². The fourth-order valence-electron chi connectivity index (χ4n) is 2.32. The van der Waals surface area contributed by atoms with E-state index in [1.807, 2.05) is 0 Å². The number of carbonyl (C=O) groups excluding carboxylic acids is 1. The summed E-state index contributed by atoms with van der Waals surface area (Å²) in [6.45, 7) is 1.20. The zero-order chi connectivity index (χ0) is 16.9. The number of ether oxygens (including phenoxy) is 2. The smallest absolute Gasteiger partial charge is 0.270 e. The summed E-state index contributed by atoms with van der Waals surface area (Å²) in [6, 6.07) is 3.08. The van der Waals surface area contributed by atoms with Gasteiger partial charge in [0.2, 0.25) is 0 Å². The van der Waals surface area contributed by atoms with Crippen molar-refractivity contribution in [3.8, 4) is 5.75 Å². The predicted molar refractivity (Wildman–Crippen MR) is 84.1 cm³/mol. The molecule has 24 heavy (non-hydrogen) atoms. The third-order valence-electron chi connectivity index (χ3n) is 3.54. The molecule has 1 aromatic heterocycles. The van der Waals surface area contributed by atoms with Gasteiger partial charge < -0.3 is 14.8 Å². The van der Waals surface area contributed by atoms with Crippen LogP contribution in [0.15, 0.2) is 23.6 Å². The van der Waals surface area contributed by atoms with Crippen LogP contribution in [0.2, 0.25) is 0 Å². The Morgan fingerprint density at radius 2 is 2.33 bits per heavy atom.